The van der Waals surface area contributed by atoms with Crippen LogP contribution in [0.2, 0.25) is 0 Å². The summed E-state index contributed by atoms with van der Waals surface area (Å²) < 4.78 is 1.78. The molecular formula is C10H16N4O. The molecule has 1 aromatic rings. The number of imidazole rings is 1. The normalized spacial score (nSPS) is 15.3. The van der Waals surface area contributed by atoms with Gasteiger partial charge in [-0.05, 0) is 12.8 Å². The molecule has 0 saturated heterocycles. The first kappa shape index (κ1) is 10.2. The fourth-order valence-electron chi connectivity index (χ4n) is 1.53. The van der Waals surface area contributed by atoms with Crippen molar-refractivity contribution in [3.8, 4) is 0 Å². The fraction of sp³-hybridized carbons (Fsp3) is 0.600. The Balaban J connectivity index is 1.92. The minimum atomic E-state index is 0.137. The first-order valence-corrected chi connectivity index (χ1v) is 5.17. The molecule has 2 N–H and O–H groups in total. The second-order valence-corrected chi connectivity index (χ2v) is 3.98. The highest BCUT2D eigenvalue weighted by Crippen LogP contribution is 2.25. The van der Waals surface area contributed by atoms with Gasteiger partial charge in [0.05, 0.1) is 12.0 Å². The van der Waals surface area contributed by atoms with Gasteiger partial charge < -0.3 is 15.2 Å². The highest BCUT2D eigenvalue weighted by molar-refractivity contribution is 5.76. The van der Waals surface area contributed by atoms with Crippen LogP contribution in [-0.4, -0.2) is 33.4 Å². The fourth-order valence-corrected chi connectivity index (χ4v) is 1.53. The Morgan fingerprint density at radius 1 is 1.73 bits per heavy atom. The predicted molar refractivity (Wildman–Crippen MR) is 55.9 cm³/mol. The molecule has 0 atom stereocenters. The predicted octanol–water partition coefficient (Wildman–Crippen LogP) is -0.0374. The summed E-state index contributed by atoms with van der Waals surface area (Å²) in [7, 11) is 1.86. The maximum atomic E-state index is 11.7. The molecule has 2 rings (SSSR count). The van der Waals surface area contributed by atoms with Crippen LogP contribution >= 0.6 is 0 Å². The van der Waals surface area contributed by atoms with Crippen LogP contribution in [0.4, 0.5) is 0 Å². The lowest BCUT2D eigenvalue weighted by Gasteiger charge is -2.16. The van der Waals surface area contributed by atoms with Crippen LogP contribution in [0.1, 0.15) is 18.5 Å². The van der Waals surface area contributed by atoms with Gasteiger partial charge >= 0.3 is 0 Å². The summed E-state index contributed by atoms with van der Waals surface area (Å²) in [6.07, 6.45) is 5.75. The van der Waals surface area contributed by atoms with Gasteiger partial charge in [-0.1, -0.05) is 0 Å². The minimum absolute atomic E-state index is 0.137. The van der Waals surface area contributed by atoms with Gasteiger partial charge in [-0.15, -0.1) is 0 Å². The standard InChI is InChI=1S/C10H16N4O/c1-13(9-2-3-9)10(15)6-14-5-8(4-11)12-7-14/h5,7,9H,2-4,6,11H2,1H3. The van der Waals surface area contributed by atoms with E-state index in [4.69, 9.17) is 5.73 Å². The average molecular weight is 208 g/mol. The van der Waals surface area contributed by atoms with E-state index < -0.39 is 0 Å². The van der Waals surface area contributed by atoms with E-state index in [1.807, 2.05) is 18.1 Å². The van der Waals surface area contributed by atoms with Crippen LogP contribution in [-0.2, 0) is 17.9 Å². The number of likely N-dealkylation sites (N-methyl/N-ethyl adjacent to an activating group) is 1. The lowest BCUT2D eigenvalue weighted by Crippen LogP contribution is -2.31. The number of carbonyl (C=O) groups excluding carboxylic acids is 1. The zero-order valence-corrected chi connectivity index (χ0v) is 8.89. The molecule has 1 aromatic heterocycles. The molecule has 5 heteroatoms. The van der Waals surface area contributed by atoms with Crippen LogP contribution in [0.5, 0.6) is 0 Å². The topological polar surface area (TPSA) is 64.2 Å². The van der Waals surface area contributed by atoms with Crippen molar-refractivity contribution in [2.75, 3.05) is 7.05 Å². The molecule has 5 nitrogen and oxygen atoms in total. The van der Waals surface area contributed by atoms with E-state index in [1.165, 1.54) is 0 Å². The number of hydrogen-bond acceptors (Lipinski definition) is 3. The number of nitrogens with zero attached hydrogens (tertiary/aromatic N) is 3. The Bertz CT molecular complexity index is 356. The lowest BCUT2D eigenvalue weighted by atomic mass is 10.4. The summed E-state index contributed by atoms with van der Waals surface area (Å²) in [6, 6.07) is 0.468. The summed E-state index contributed by atoms with van der Waals surface area (Å²) >= 11 is 0. The molecule has 0 spiro atoms. The third kappa shape index (κ3) is 2.36. The number of carbonyl (C=O) groups is 1. The van der Waals surface area contributed by atoms with Crippen molar-refractivity contribution < 1.29 is 4.79 Å². The molecule has 1 saturated carbocycles. The number of aromatic nitrogens is 2. The second kappa shape index (κ2) is 4.02. The smallest absolute Gasteiger partial charge is 0.242 e. The zero-order chi connectivity index (χ0) is 10.8. The third-order valence-electron chi connectivity index (χ3n) is 2.70. The summed E-state index contributed by atoms with van der Waals surface area (Å²) in [5.41, 5.74) is 6.26. The highest BCUT2D eigenvalue weighted by Gasteiger charge is 2.29. The van der Waals surface area contributed by atoms with Gasteiger partial charge in [0.2, 0.25) is 5.91 Å². The Morgan fingerprint density at radius 3 is 3.00 bits per heavy atom. The molecule has 1 heterocycles. The Labute approximate surface area is 88.9 Å². The molecule has 0 bridgehead atoms. The largest absolute Gasteiger partial charge is 0.341 e. The molecule has 1 aliphatic carbocycles. The Morgan fingerprint density at radius 2 is 2.47 bits per heavy atom. The van der Waals surface area contributed by atoms with Gasteiger partial charge in [0.1, 0.15) is 6.54 Å². The van der Waals surface area contributed by atoms with E-state index in [0.29, 0.717) is 19.1 Å². The summed E-state index contributed by atoms with van der Waals surface area (Å²) in [5.74, 6) is 0.137. The van der Waals surface area contributed by atoms with Gasteiger partial charge in [0.25, 0.3) is 0 Å². The number of hydrogen-bond donors (Lipinski definition) is 1. The summed E-state index contributed by atoms with van der Waals surface area (Å²) in [4.78, 5) is 17.6. The molecule has 1 aliphatic rings. The van der Waals surface area contributed by atoms with Crippen LogP contribution in [0, 0.1) is 0 Å². The lowest BCUT2D eigenvalue weighted by molar-refractivity contribution is -0.131. The second-order valence-electron chi connectivity index (χ2n) is 3.98. The molecule has 82 valence electrons. The first-order chi connectivity index (χ1) is 7.20. The van der Waals surface area contributed by atoms with E-state index >= 15 is 0 Å². The SMILES string of the molecule is CN(C(=O)Cn1cnc(CN)c1)C1CC1. The summed E-state index contributed by atoms with van der Waals surface area (Å²) in [6.45, 7) is 0.777. The van der Waals surface area contributed by atoms with Crippen molar-refractivity contribution in [2.45, 2.75) is 32.0 Å². The number of nitrogens with two attached hydrogens (primary N) is 1. The summed E-state index contributed by atoms with van der Waals surface area (Å²) in [5, 5.41) is 0. The van der Waals surface area contributed by atoms with Crippen LogP contribution in [0.15, 0.2) is 12.5 Å². The molecule has 0 aliphatic heterocycles. The van der Waals surface area contributed by atoms with E-state index in [1.54, 1.807) is 10.9 Å². The average Bonchev–Trinajstić information content (AvgIpc) is 2.98. The van der Waals surface area contributed by atoms with Gasteiger partial charge in [-0.3, -0.25) is 4.79 Å². The molecule has 0 aromatic carbocycles. The quantitative estimate of drug-likeness (QED) is 0.755. The van der Waals surface area contributed by atoms with Crippen LogP contribution < -0.4 is 5.73 Å². The molecule has 0 radical (unpaired) electrons. The number of amides is 1. The highest BCUT2D eigenvalue weighted by atomic mass is 16.2. The van der Waals surface area contributed by atoms with E-state index in [0.717, 1.165) is 18.5 Å². The van der Waals surface area contributed by atoms with Crippen molar-refractivity contribution in [3.05, 3.63) is 18.2 Å². The molecule has 15 heavy (non-hydrogen) atoms. The van der Waals surface area contributed by atoms with Crippen molar-refractivity contribution in [2.24, 2.45) is 5.73 Å². The van der Waals surface area contributed by atoms with Gasteiger partial charge in [-0.2, -0.15) is 0 Å². The van der Waals surface area contributed by atoms with Crippen LogP contribution in [0.25, 0.3) is 0 Å². The zero-order valence-electron chi connectivity index (χ0n) is 8.89. The molecule has 1 fully saturated rings. The maximum absolute atomic E-state index is 11.7. The van der Waals surface area contributed by atoms with Crippen LogP contribution in [0.3, 0.4) is 0 Å². The van der Waals surface area contributed by atoms with Crippen molar-refractivity contribution in [3.63, 3.8) is 0 Å². The molecular weight excluding hydrogens is 192 g/mol. The van der Waals surface area contributed by atoms with Gasteiger partial charge in [0.15, 0.2) is 0 Å². The molecule has 0 unspecified atom stereocenters. The van der Waals surface area contributed by atoms with Gasteiger partial charge in [-0.25, -0.2) is 4.98 Å². The van der Waals surface area contributed by atoms with Gasteiger partial charge in [0, 0.05) is 25.8 Å². The van der Waals surface area contributed by atoms with E-state index in [2.05, 4.69) is 4.98 Å². The van der Waals surface area contributed by atoms with Crippen molar-refractivity contribution >= 4 is 5.91 Å². The minimum Gasteiger partial charge on any atom is -0.341 e. The number of rotatable bonds is 4. The monoisotopic (exact) mass is 208 g/mol. The third-order valence-corrected chi connectivity index (χ3v) is 2.70. The molecule has 1 amide bonds. The van der Waals surface area contributed by atoms with E-state index in [-0.39, 0.29) is 5.91 Å². The Kier molecular flexibility index (Phi) is 2.73. The maximum Gasteiger partial charge on any atom is 0.242 e. The van der Waals surface area contributed by atoms with Crippen molar-refractivity contribution in [1.82, 2.24) is 14.5 Å². The van der Waals surface area contributed by atoms with Crippen molar-refractivity contribution in [1.29, 1.82) is 0 Å². The van der Waals surface area contributed by atoms with E-state index in [9.17, 15) is 4.79 Å². The first-order valence-electron chi connectivity index (χ1n) is 5.17. The Hall–Kier alpha value is -1.36.